The third kappa shape index (κ3) is 7.92. The molecule has 0 aliphatic rings. The first-order chi connectivity index (χ1) is 11.2. The molecule has 1 aromatic carbocycles. The van der Waals surface area contributed by atoms with Gasteiger partial charge in [-0.3, -0.25) is 9.69 Å². The van der Waals surface area contributed by atoms with Gasteiger partial charge in [0.05, 0.1) is 0 Å². The molecule has 0 saturated carbocycles. The van der Waals surface area contributed by atoms with Crippen LogP contribution in [0, 0.1) is 0 Å². The second kappa shape index (κ2) is 9.23. The van der Waals surface area contributed by atoms with Crippen LogP contribution in [-0.2, 0) is 16.1 Å². The van der Waals surface area contributed by atoms with Gasteiger partial charge < -0.3 is 10.1 Å². The van der Waals surface area contributed by atoms with Gasteiger partial charge in [0.25, 0.3) is 0 Å². The molecule has 0 spiro atoms. The molecule has 0 aliphatic carbocycles. The summed E-state index contributed by atoms with van der Waals surface area (Å²) in [4.78, 5) is 26.2. The Bertz CT molecular complexity index is 562. The number of carbonyl (C=O) groups excluding carboxylic acids is 2. The highest BCUT2D eigenvalue weighted by Crippen LogP contribution is 2.08. The molecule has 5 heteroatoms. The van der Waals surface area contributed by atoms with E-state index in [0.29, 0.717) is 13.1 Å². The SMILES string of the molecule is C/C=C\C(=O)C(CN(C)Cc1ccccc1)NC(=O)OC(C)(C)C. The number of rotatable bonds is 7. The molecule has 1 aromatic rings. The second-order valence-electron chi connectivity index (χ2n) is 6.78. The second-order valence-corrected chi connectivity index (χ2v) is 6.78. The van der Waals surface area contributed by atoms with Crippen LogP contribution in [0.3, 0.4) is 0 Å². The van der Waals surface area contributed by atoms with Crippen molar-refractivity contribution in [2.45, 2.75) is 45.9 Å². The number of alkyl carbamates (subject to hydrolysis) is 1. The standard InChI is InChI=1S/C19H28N2O3/c1-6-10-17(22)16(20-18(23)24-19(2,3)4)14-21(5)13-15-11-8-7-9-12-15/h6-12,16H,13-14H2,1-5H3,(H,20,23)/b10-6-. The van der Waals surface area contributed by atoms with Crippen molar-refractivity contribution in [3.8, 4) is 0 Å². The number of likely N-dealkylation sites (N-methyl/N-ethyl adjacent to an activating group) is 1. The highest BCUT2D eigenvalue weighted by Gasteiger charge is 2.24. The van der Waals surface area contributed by atoms with Gasteiger partial charge >= 0.3 is 6.09 Å². The summed E-state index contributed by atoms with van der Waals surface area (Å²) in [6.07, 6.45) is 2.56. The number of nitrogens with zero attached hydrogens (tertiary/aromatic N) is 1. The van der Waals surface area contributed by atoms with Crippen molar-refractivity contribution in [1.29, 1.82) is 0 Å². The lowest BCUT2D eigenvalue weighted by Crippen LogP contribution is -2.48. The maximum Gasteiger partial charge on any atom is 0.408 e. The highest BCUT2D eigenvalue weighted by atomic mass is 16.6. The van der Waals surface area contributed by atoms with Crippen molar-refractivity contribution < 1.29 is 14.3 Å². The van der Waals surface area contributed by atoms with Gasteiger partial charge in [-0.15, -0.1) is 0 Å². The van der Waals surface area contributed by atoms with Crippen LogP contribution in [0.15, 0.2) is 42.5 Å². The molecule has 132 valence electrons. The highest BCUT2D eigenvalue weighted by molar-refractivity contribution is 5.96. The lowest BCUT2D eigenvalue weighted by molar-refractivity contribution is -0.117. The average molecular weight is 332 g/mol. The van der Waals surface area contributed by atoms with E-state index in [1.807, 2.05) is 42.3 Å². The Morgan fingerprint density at radius 1 is 1.25 bits per heavy atom. The lowest BCUT2D eigenvalue weighted by Gasteiger charge is -2.25. The quantitative estimate of drug-likeness (QED) is 0.779. The minimum absolute atomic E-state index is 0.150. The van der Waals surface area contributed by atoms with Crippen molar-refractivity contribution in [1.82, 2.24) is 10.2 Å². The zero-order chi connectivity index (χ0) is 18.2. The molecular formula is C19H28N2O3. The minimum atomic E-state index is -0.648. The van der Waals surface area contributed by atoms with Crippen molar-refractivity contribution in [3.63, 3.8) is 0 Å². The summed E-state index contributed by atoms with van der Waals surface area (Å²) < 4.78 is 5.25. The third-order valence-electron chi connectivity index (χ3n) is 3.15. The smallest absolute Gasteiger partial charge is 0.408 e. The third-order valence-corrected chi connectivity index (χ3v) is 3.15. The number of ether oxygens (including phenoxy) is 1. The van der Waals surface area contributed by atoms with Crippen molar-refractivity contribution in [3.05, 3.63) is 48.0 Å². The van der Waals surface area contributed by atoms with Crippen LogP contribution < -0.4 is 5.32 Å². The van der Waals surface area contributed by atoms with Gasteiger partial charge in [0.15, 0.2) is 5.78 Å². The van der Waals surface area contributed by atoms with Gasteiger partial charge in [-0.2, -0.15) is 0 Å². The minimum Gasteiger partial charge on any atom is -0.444 e. The van der Waals surface area contributed by atoms with Crippen molar-refractivity contribution >= 4 is 11.9 Å². The van der Waals surface area contributed by atoms with Gasteiger partial charge in [0.2, 0.25) is 0 Å². The maximum absolute atomic E-state index is 12.2. The largest absolute Gasteiger partial charge is 0.444 e. The van der Waals surface area contributed by atoms with E-state index in [9.17, 15) is 9.59 Å². The Morgan fingerprint density at radius 2 is 1.88 bits per heavy atom. The van der Waals surface area contributed by atoms with Crippen LogP contribution in [-0.4, -0.2) is 42.0 Å². The first-order valence-corrected chi connectivity index (χ1v) is 8.10. The first kappa shape index (κ1) is 19.9. The normalized spacial score (nSPS) is 13.1. The molecule has 0 heterocycles. The molecule has 0 bridgehead atoms. The average Bonchev–Trinajstić information content (AvgIpc) is 2.45. The molecule has 1 amide bonds. The van der Waals surface area contributed by atoms with Crippen LogP contribution in [0.5, 0.6) is 0 Å². The first-order valence-electron chi connectivity index (χ1n) is 8.10. The number of amides is 1. The van der Waals surface area contributed by atoms with E-state index < -0.39 is 17.7 Å². The number of allylic oxidation sites excluding steroid dienone is 1. The van der Waals surface area contributed by atoms with E-state index in [1.165, 1.54) is 6.08 Å². The fourth-order valence-electron chi connectivity index (χ4n) is 2.21. The van der Waals surface area contributed by atoms with E-state index in [-0.39, 0.29) is 5.78 Å². The Kier molecular flexibility index (Phi) is 7.65. The van der Waals surface area contributed by atoms with Gasteiger partial charge in [-0.1, -0.05) is 36.4 Å². The van der Waals surface area contributed by atoms with Gasteiger partial charge in [-0.05, 0) is 46.4 Å². The summed E-state index contributed by atoms with van der Waals surface area (Å²) in [7, 11) is 1.92. The molecule has 0 saturated heterocycles. The number of nitrogens with one attached hydrogen (secondary N) is 1. The van der Waals surface area contributed by atoms with E-state index in [0.717, 1.165) is 5.56 Å². The molecule has 0 aliphatic heterocycles. The van der Waals surface area contributed by atoms with Gasteiger partial charge in [0, 0.05) is 13.1 Å². The van der Waals surface area contributed by atoms with Crippen molar-refractivity contribution in [2.24, 2.45) is 0 Å². The molecule has 1 atom stereocenters. The molecule has 1 unspecified atom stereocenters. The molecule has 0 radical (unpaired) electrons. The van der Waals surface area contributed by atoms with E-state index >= 15 is 0 Å². The number of hydrogen-bond donors (Lipinski definition) is 1. The molecule has 0 fully saturated rings. The zero-order valence-electron chi connectivity index (χ0n) is 15.2. The molecule has 1 rings (SSSR count). The molecule has 1 N–H and O–H groups in total. The number of hydrogen-bond acceptors (Lipinski definition) is 4. The fourth-order valence-corrected chi connectivity index (χ4v) is 2.21. The maximum atomic E-state index is 12.2. The fraction of sp³-hybridized carbons (Fsp3) is 0.474. The van der Waals surface area contributed by atoms with Crippen LogP contribution >= 0.6 is 0 Å². The number of ketones is 1. The van der Waals surface area contributed by atoms with Crippen LogP contribution in [0.1, 0.15) is 33.3 Å². The van der Waals surface area contributed by atoms with Crippen LogP contribution in [0.2, 0.25) is 0 Å². The van der Waals surface area contributed by atoms with E-state index in [2.05, 4.69) is 5.32 Å². The number of carbonyl (C=O) groups is 2. The predicted molar refractivity (Wildman–Crippen MR) is 95.8 cm³/mol. The van der Waals surface area contributed by atoms with Crippen LogP contribution in [0.4, 0.5) is 4.79 Å². The van der Waals surface area contributed by atoms with Gasteiger partial charge in [0.1, 0.15) is 11.6 Å². The Morgan fingerprint density at radius 3 is 2.42 bits per heavy atom. The van der Waals surface area contributed by atoms with E-state index in [1.54, 1.807) is 33.8 Å². The lowest BCUT2D eigenvalue weighted by atomic mass is 10.1. The zero-order valence-corrected chi connectivity index (χ0v) is 15.2. The Hall–Kier alpha value is -2.14. The molecular weight excluding hydrogens is 304 g/mol. The van der Waals surface area contributed by atoms with E-state index in [4.69, 9.17) is 4.74 Å². The Balaban J connectivity index is 2.71. The molecule has 0 aromatic heterocycles. The van der Waals surface area contributed by atoms with Crippen LogP contribution in [0.25, 0.3) is 0 Å². The summed E-state index contributed by atoms with van der Waals surface area (Å²) in [5.74, 6) is -0.150. The predicted octanol–water partition coefficient (Wildman–Crippen LogP) is 3.16. The summed E-state index contributed by atoms with van der Waals surface area (Å²) in [6, 6.07) is 9.33. The Labute approximate surface area is 144 Å². The monoisotopic (exact) mass is 332 g/mol. The summed E-state index contributed by atoms with van der Waals surface area (Å²) in [5, 5.41) is 2.67. The van der Waals surface area contributed by atoms with Gasteiger partial charge in [-0.25, -0.2) is 4.79 Å². The summed E-state index contributed by atoms with van der Waals surface area (Å²) >= 11 is 0. The molecule has 24 heavy (non-hydrogen) atoms. The van der Waals surface area contributed by atoms with Crippen molar-refractivity contribution in [2.75, 3.05) is 13.6 Å². The topological polar surface area (TPSA) is 58.6 Å². The number of benzene rings is 1. The summed E-state index contributed by atoms with van der Waals surface area (Å²) in [6.45, 7) is 8.23. The summed E-state index contributed by atoms with van der Waals surface area (Å²) in [5.41, 5.74) is 0.545. The molecule has 5 nitrogen and oxygen atoms in total.